The van der Waals surface area contributed by atoms with Gasteiger partial charge in [0.25, 0.3) is 0 Å². The average molecular weight is 707 g/mol. The zero-order valence-corrected chi connectivity index (χ0v) is 31.4. The lowest BCUT2D eigenvalue weighted by atomic mass is 9.79. The van der Waals surface area contributed by atoms with E-state index in [1.165, 1.54) is 0 Å². The number of carbonyl (C=O) groups is 4. The van der Waals surface area contributed by atoms with E-state index in [1.54, 1.807) is 58.9 Å². The fraction of sp³-hybridized carbons (Fsp3) is 0.450. The van der Waals surface area contributed by atoms with Gasteiger partial charge in [0.05, 0.1) is 12.2 Å². The third-order valence-electron chi connectivity index (χ3n) is 7.64. The second kappa shape index (κ2) is 17.1. The maximum Gasteiger partial charge on any atom is 0.330 e. The monoisotopic (exact) mass is 706 g/mol. The van der Waals surface area contributed by atoms with Gasteiger partial charge >= 0.3 is 11.9 Å². The van der Waals surface area contributed by atoms with Gasteiger partial charge in [0, 0.05) is 34.1 Å². The van der Waals surface area contributed by atoms with Crippen LogP contribution in [0.5, 0.6) is 0 Å². The average Bonchev–Trinajstić information content (AvgIpc) is 3.03. The maximum absolute atomic E-state index is 14.6. The van der Waals surface area contributed by atoms with Crippen molar-refractivity contribution >= 4 is 35.4 Å². The number of hydrogen-bond acceptors (Lipinski definition) is 7. The summed E-state index contributed by atoms with van der Waals surface area (Å²) < 4.78 is 18.0. The molecule has 0 saturated heterocycles. The van der Waals surface area contributed by atoms with Crippen LogP contribution in [0.1, 0.15) is 90.5 Å². The van der Waals surface area contributed by atoms with E-state index in [0.717, 1.165) is 5.56 Å². The largest absolute Gasteiger partial charge is 0.460 e. The van der Waals surface area contributed by atoms with Crippen LogP contribution >= 0.6 is 11.6 Å². The Kier molecular flexibility index (Phi) is 13.8. The van der Waals surface area contributed by atoms with E-state index in [1.807, 2.05) is 82.3 Å². The number of esters is 2. The van der Waals surface area contributed by atoms with E-state index in [0.29, 0.717) is 21.7 Å². The lowest BCUT2D eigenvalue weighted by Crippen LogP contribution is -2.55. The van der Waals surface area contributed by atoms with Gasteiger partial charge in [-0.15, -0.1) is 0 Å². The smallest absolute Gasteiger partial charge is 0.330 e. The van der Waals surface area contributed by atoms with Gasteiger partial charge in [0.15, 0.2) is 5.60 Å². The Morgan fingerprint density at radius 3 is 1.82 bits per heavy atom. The Bertz CT molecular complexity index is 1610. The summed E-state index contributed by atoms with van der Waals surface area (Å²) in [6.45, 7) is 15.9. The van der Waals surface area contributed by atoms with Crippen LogP contribution < -0.4 is 10.6 Å². The molecule has 2 amide bonds. The number of rotatable bonds is 14. The number of amides is 2. The predicted octanol–water partition coefficient (Wildman–Crippen LogP) is 7.05. The number of ether oxygens (including phenoxy) is 3. The van der Waals surface area contributed by atoms with Crippen molar-refractivity contribution in [1.29, 1.82) is 0 Å². The number of carbonyl (C=O) groups excluding carboxylic acids is 4. The van der Waals surface area contributed by atoms with Crippen LogP contribution in [0.2, 0.25) is 5.02 Å². The van der Waals surface area contributed by atoms with E-state index >= 15 is 0 Å². The lowest BCUT2D eigenvalue weighted by molar-refractivity contribution is -0.159. The molecule has 1 unspecified atom stereocenters. The lowest BCUT2D eigenvalue weighted by Gasteiger charge is -2.37. The summed E-state index contributed by atoms with van der Waals surface area (Å²) in [5.74, 6) is -2.82. The predicted molar refractivity (Wildman–Crippen MR) is 195 cm³/mol. The molecule has 0 aromatic heterocycles. The van der Waals surface area contributed by atoms with Gasteiger partial charge < -0.3 is 24.8 Å². The van der Waals surface area contributed by atoms with Gasteiger partial charge in [-0.3, -0.25) is 14.4 Å². The van der Waals surface area contributed by atoms with Crippen molar-refractivity contribution in [3.8, 4) is 0 Å². The second-order valence-corrected chi connectivity index (χ2v) is 15.0. The van der Waals surface area contributed by atoms with Crippen molar-refractivity contribution in [2.45, 2.75) is 104 Å². The number of benzene rings is 3. The van der Waals surface area contributed by atoms with Crippen LogP contribution in [-0.2, 0) is 39.0 Å². The van der Waals surface area contributed by atoms with Crippen molar-refractivity contribution in [3.05, 3.63) is 106 Å². The molecule has 0 spiro atoms. The standard InChI is InChI=1S/C40H51ClN2O7/c1-26(2)35(45)43-33(25-48-38(4,5)6)36(46)42-32(23-24-34(44)49-39(7,8)9)37(47)50-40(28-15-11-10-12-16-28,29-21-19-27(3)20-22-29)30-17-13-14-18-31(30)41/h10-22,26,32-33H,23-25H2,1-9H3,(H,42,46)(H,43,45)/t32-,33-,40?/m0/s1. The zero-order valence-electron chi connectivity index (χ0n) is 30.6. The highest BCUT2D eigenvalue weighted by atomic mass is 35.5. The third-order valence-corrected chi connectivity index (χ3v) is 7.97. The van der Waals surface area contributed by atoms with Gasteiger partial charge in [-0.1, -0.05) is 104 Å². The quantitative estimate of drug-likeness (QED) is 0.136. The highest BCUT2D eigenvalue weighted by Crippen LogP contribution is 2.44. The molecule has 9 nitrogen and oxygen atoms in total. The molecule has 0 saturated carbocycles. The van der Waals surface area contributed by atoms with E-state index in [-0.39, 0.29) is 25.4 Å². The van der Waals surface area contributed by atoms with Gasteiger partial charge in [-0.2, -0.15) is 0 Å². The summed E-state index contributed by atoms with van der Waals surface area (Å²) in [6, 6.07) is 21.4. The molecule has 0 aliphatic heterocycles. The summed E-state index contributed by atoms with van der Waals surface area (Å²) in [6.07, 6.45) is -0.348. The number of hydrogen-bond donors (Lipinski definition) is 2. The number of aryl methyl sites for hydroxylation is 1. The molecular formula is C40H51ClN2O7. The molecule has 270 valence electrons. The molecule has 0 fully saturated rings. The Morgan fingerprint density at radius 2 is 1.26 bits per heavy atom. The van der Waals surface area contributed by atoms with Crippen LogP contribution in [0.15, 0.2) is 78.9 Å². The van der Waals surface area contributed by atoms with E-state index in [2.05, 4.69) is 10.6 Å². The maximum atomic E-state index is 14.6. The third kappa shape index (κ3) is 11.4. The van der Waals surface area contributed by atoms with E-state index in [9.17, 15) is 19.2 Å². The Morgan fingerprint density at radius 1 is 0.700 bits per heavy atom. The normalized spacial score (nSPS) is 14.2. The molecule has 2 N–H and O–H groups in total. The molecule has 0 heterocycles. The van der Waals surface area contributed by atoms with Crippen LogP contribution in [0.25, 0.3) is 0 Å². The Labute approximate surface area is 301 Å². The van der Waals surface area contributed by atoms with Crippen molar-refractivity contribution in [2.75, 3.05) is 6.61 Å². The highest BCUT2D eigenvalue weighted by Gasteiger charge is 2.44. The minimum atomic E-state index is -1.56. The first kappa shape index (κ1) is 40.2. The van der Waals surface area contributed by atoms with E-state index < -0.39 is 52.7 Å². The molecule has 0 aliphatic carbocycles. The molecule has 0 bridgehead atoms. The minimum absolute atomic E-state index is 0.147. The first-order valence-electron chi connectivity index (χ1n) is 16.9. The fourth-order valence-corrected chi connectivity index (χ4v) is 5.38. The van der Waals surface area contributed by atoms with Crippen LogP contribution in [0, 0.1) is 12.8 Å². The Hall–Kier alpha value is -4.21. The molecule has 0 aliphatic rings. The zero-order chi connectivity index (χ0) is 37.3. The first-order valence-corrected chi connectivity index (χ1v) is 17.3. The van der Waals surface area contributed by atoms with Crippen molar-refractivity contribution in [1.82, 2.24) is 10.6 Å². The SMILES string of the molecule is Cc1ccc(C(OC(=O)[C@H](CCC(=O)OC(C)(C)C)NC(=O)[C@H](COC(C)(C)C)NC(=O)C(C)C)(c2ccccc2)c2ccccc2Cl)cc1. The molecule has 10 heteroatoms. The molecule has 3 rings (SSSR count). The fourth-order valence-electron chi connectivity index (χ4n) is 5.11. The minimum Gasteiger partial charge on any atom is -0.460 e. The van der Waals surface area contributed by atoms with Gasteiger partial charge in [0.2, 0.25) is 11.8 Å². The second-order valence-electron chi connectivity index (χ2n) is 14.6. The summed E-state index contributed by atoms with van der Waals surface area (Å²) in [7, 11) is 0. The first-order chi connectivity index (χ1) is 23.3. The molecule has 3 aromatic carbocycles. The summed E-state index contributed by atoms with van der Waals surface area (Å²) in [5.41, 5.74) is -0.200. The molecular weight excluding hydrogens is 656 g/mol. The van der Waals surface area contributed by atoms with Crippen LogP contribution in [0.4, 0.5) is 0 Å². The van der Waals surface area contributed by atoms with Gasteiger partial charge in [0.1, 0.15) is 17.7 Å². The molecule has 3 atom stereocenters. The van der Waals surface area contributed by atoms with Crippen LogP contribution in [0.3, 0.4) is 0 Å². The van der Waals surface area contributed by atoms with Gasteiger partial charge in [-0.25, -0.2) is 4.79 Å². The van der Waals surface area contributed by atoms with Crippen molar-refractivity contribution in [3.63, 3.8) is 0 Å². The molecule has 0 radical (unpaired) electrons. The summed E-state index contributed by atoms with van der Waals surface area (Å²) in [4.78, 5) is 54.2. The topological polar surface area (TPSA) is 120 Å². The van der Waals surface area contributed by atoms with Crippen molar-refractivity contribution in [2.24, 2.45) is 5.92 Å². The summed E-state index contributed by atoms with van der Waals surface area (Å²) in [5, 5.41) is 5.85. The Balaban J connectivity index is 2.14. The summed E-state index contributed by atoms with van der Waals surface area (Å²) >= 11 is 6.86. The van der Waals surface area contributed by atoms with Crippen LogP contribution in [-0.4, -0.2) is 53.6 Å². The molecule has 3 aromatic rings. The molecule has 50 heavy (non-hydrogen) atoms. The number of nitrogens with one attached hydrogen (secondary N) is 2. The van der Waals surface area contributed by atoms with Gasteiger partial charge in [-0.05, 0) is 61.0 Å². The van der Waals surface area contributed by atoms with Crippen molar-refractivity contribution < 1.29 is 33.4 Å². The van der Waals surface area contributed by atoms with E-state index in [4.69, 9.17) is 25.8 Å². The highest BCUT2D eigenvalue weighted by molar-refractivity contribution is 6.31. The number of halogens is 1.